The number of ether oxygens (including phenoxy) is 1. The van der Waals surface area contributed by atoms with E-state index in [9.17, 15) is 4.79 Å². The molecule has 1 aromatic carbocycles. The summed E-state index contributed by atoms with van der Waals surface area (Å²) >= 11 is 1.65. The van der Waals surface area contributed by atoms with Gasteiger partial charge in [0.15, 0.2) is 8.32 Å². The number of esters is 1. The predicted octanol–water partition coefficient (Wildman–Crippen LogP) is 6.04. The third-order valence-corrected chi connectivity index (χ3v) is 11.6. The molecule has 0 aliphatic carbocycles. The van der Waals surface area contributed by atoms with Gasteiger partial charge in [-0.15, -0.1) is 11.8 Å². The molecule has 1 heterocycles. The van der Waals surface area contributed by atoms with Crippen LogP contribution in [0.1, 0.15) is 53.9 Å². The molecule has 1 fully saturated rings. The van der Waals surface area contributed by atoms with Gasteiger partial charge in [-0.2, -0.15) is 0 Å². The van der Waals surface area contributed by atoms with Crippen LogP contribution in [0.2, 0.25) is 18.1 Å². The molecule has 0 N–H and O–H groups in total. The van der Waals surface area contributed by atoms with Crippen molar-refractivity contribution < 1.29 is 14.0 Å². The number of hydrogen-bond acceptors (Lipinski definition) is 4. The highest BCUT2D eigenvalue weighted by atomic mass is 32.2. The number of hydrogen-bond donors (Lipinski definition) is 0. The van der Waals surface area contributed by atoms with E-state index < -0.39 is 13.1 Å². The molecule has 0 spiro atoms. The van der Waals surface area contributed by atoms with E-state index in [1.807, 2.05) is 25.1 Å². The van der Waals surface area contributed by atoms with Gasteiger partial charge in [0.25, 0.3) is 0 Å². The minimum absolute atomic E-state index is 0.0379. The van der Waals surface area contributed by atoms with Gasteiger partial charge in [0, 0.05) is 17.4 Å². The van der Waals surface area contributed by atoms with Crippen LogP contribution in [0, 0.1) is 0 Å². The van der Waals surface area contributed by atoms with Crippen molar-refractivity contribution in [3.05, 3.63) is 30.3 Å². The Hall–Kier alpha value is -0.783. The normalized spacial score (nSPS) is 25.2. The zero-order valence-corrected chi connectivity index (χ0v) is 19.1. The van der Waals surface area contributed by atoms with Crippen molar-refractivity contribution >= 4 is 26.0 Å². The smallest absolute Gasteiger partial charge is 0.323 e. The number of cyclic esters (lactones) is 1. The fraction of sp³-hybridized carbons (Fsp3) is 0.667. The quantitative estimate of drug-likeness (QED) is 0.417. The summed E-state index contributed by atoms with van der Waals surface area (Å²) in [5, 5.41) is 0.156. The molecule has 1 aromatic rings. The van der Waals surface area contributed by atoms with Crippen LogP contribution in [0.4, 0.5) is 0 Å². The molecule has 0 amide bonds. The minimum Gasteiger partial charge on any atom is -0.462 e. The second-order valence-corrected chi connectivity index (χ2v) is 15.2. The van der Waals surface area contributed by atoms with Gasteiger partial charge in [-0.1, -0.05) is 45.9 Å². The lowest BCUT2D eigenvalue weighted by molar-refractivity contribution is -0.143. The fourth-order valence-electron chi connectivity index (χ4n) is 3.12. The number of rotatable bonds is 7. The fourth-order valence-corrected chi connectivity index (χ4v) is 6.02. The summed E-state index contributed by atoms with van der Waals surface area (Å²) in [6, 6.07) is 10.2. The molecule has 2 rings (SSSR count). The lowest BCUT2D eigenvalue weighted by Gasteiger charge is -2.40. The van der Waals surface area contributed by atoms with Crippen LogP contribution in [-0.2, 0) is 14.0 Å². The van der Waals surface area contributed by atoms with Gasteiger partial charge in [-0.25, -0.2) is 0 Å². The first-order chi connectivity index (χ1) is 12.0. The number of carbonyl (C=O) groups is 1. The Morgan fingerprint density at radius 2 is 1.92 bits per heavy atom. The molecule has 1 unspecified atom stereocenters. The molecule has 0 radical (unpaired) electrons. The van der Waals surface area contributed by atoms with Gasteiger partial charge < -0.3 is 9.16 Å². The average Bonchev–Trinajstić information content (AvgIpc) is 2.79. The summed E-state index contributed by atoms with van der Waals surface area (Å²) in [5.41, 5.74) is 0. The van der Waals surface area contributed by atoms with Crippen molar-refractivity contribution in [2.45, 2.75) is 93.9 Å². The Bertz CT molecular complexity index is 611. The van der Waals surface area contributed by atoms with Crippen molar-refractivity contribution in [2.75, 3.05) is 0 Å². The van der Waals surface area contributed by atoms with Crippen LogP contribution in [0.5, 0.6) is 0 Å². The average molecular weight is 395 g/mol. The van der Waals surface area contributed by atoms with E-state index in [0.29, 0.717) is 6.42 Å². The van der Waals surface area contributed by atoms with E-state index in [-0.39, 0.29) is 23.2 Å². The Morgan fingerprint density at radius 3 is 2.38 bits per heavy atom. The number of carbonyl (C=O) groups excluding carboxylic acids is 1. The highest BCUT2D eigenvalue weighted by Gasteiger charge is 2.51. The Morgan fingerprint density at radius 1 is 1.31 bits per heavy atom. The Labute approximate surface area is 164 Å². The molecule has 0 aromatic heterocycles. The SMILES string of the molecule is CC[C@H](CC1(Sc2ccccc2)C[C@H](C)OC1=O)O[Si](C)(C)C(C)(C)C. The molecule has 3 nitrogen and oxygen atoms in total. The van der Waals surface area contributed by atoms with E-state index in [2.05, 4.69) is 52.9 Å². The standard InChI is InChI=1S/C21H34O3SSi/c1-8-17(24-26(6,7)20(3,4)5)15-21(14-16(2)23-19(21)22)25-18-12-10-9-11-13-18/h9-13,16-17H,8,14-15H2,1-7H3/t16-,17+,21?/m0/s1. The lowest BCUT2D eigenvalue weighted by Crippen LogP contribution is -2.46. The van der Waals surface area contributed by atoms with Crippen LogP contribution in [-0.4, -0.2) is 31.2 Å². The third-order valence-electron chi connectivity index (χ3n) is 5.63. The maximum atomic E-state index is 12.8. The Kier molecular flexibility index (Phi) is 6.68. The lowest BCUT2D eigenvalue weighted by atomic mass is 9.96. The molecule has 0 saturated carbocycles. The zero-order valence-electron chi connectivity index (χ0n) is 17.3. The van der Waals surface area contributed by atoms with E-state index in [0.717, 1.165) is 17.7 Å². The third kappa shape index (κ3) is 4.93. The Balaban J connectivity index is 2.24. The summed E-state index contributed by atoms with van der Waals surface area (Å²) < 4.78 is 11.7. The number of benzene rings is 1. The van der Waals surface area contributed by atoms with Crippen LogP contribution in [0.25, 0.3) is 0 Å². The van der Waals surface area contributed by atoms with Gasteiger partial charge in [-0.3, -0.25) is 4.79 Å². The first kappa shape index (κ1) is 21.5. The molecule has 0 bridgehead atoms. The maximum absolute atomic E-state index is 12.8. The monoisotopic (exact) mass is 394 g/mol. The van der Waals surface area contributed by atoms with Gasteiger partial charge in [-0.05, 0) is 50.0 Å². The summed E-state index contributed by atoms with van der Waals surface area (Å²) in [7, 11) is -1.89. The molecule has 1 aliphatic rings. The molecule has 26 heavy (non-hydrogen) atoms. The van der Waals surface area contributed by atoms with Gasteiger partial charge >= 0.3 is 5.97 Å². The molecule has 1 aliphatic heterocycles. The highest BCUT2D eigenvalue weighted by molar-refractivity contribution is 8.01. The van der Waals surface area contributed by atoms with Crippen molar-refractivity contribution in [1.29, 1.82) is 0 Å². The highest BCUT2D eigenvalue weighted by Crippen LogP contribution is 2.47. The van der Waals surface area contributed by atoms with Crippen LogP contribution >= 0.6 is 11.8 Å². The largest absolute Gasteiger partial charge is 0.462 e. The predicted molar refractivity (Wildman–Crippen MR) is 112 cm³/mol. The number of thioether (sulfide) groups is 1. The van der Waals surface area contributed by atoms with Crippen molar-refractivity contribution in [2.24, 2.45) is 0 Å². The van der Waals surface area contributed by atoms with Crippen LogP contribution in [0.3, 0.4) is 0 Å². The first-order valence-electron chi connectivity index (χ1n) is 9.62. The second kappa shape index (κ2) is 8.07. The van der Waals surface area contributed by atoms with E-state index >= 15 is 0 Å². The van der Waals surface area contributed by atoms with Crippen molar-refractivity contribution in [3.63, 3.8) is 0 Å². The molecule has 5 heteroatoms. The molecule has 3 atom stereocenters. The molecular weight excluding hydrogens is 360 g/mol. The minimum atomic E-state index is -1.89. The first-order valence-corrected chi connectivity index (χ1v) is 13.3. The van der Waals surface area contributed by atoms with Gasteiger partial charge in [0.05, 0.1) is 0 Å². The molecule has 146 valence electrons. The van der Waals surface area contributed by atoms with E-state index in [1.54, 1.807) is 11.8 Å². The molecular formula is C21H34O3SSi. The van der Waals surface area contributed by atoms with Gasteiger partial charge in [0.1, 0.15) is 10.9 Å². The van der Waals surface area contributed by atoms with E-state index in [1.165, 1.54) is 0 Å². The zero-order chi connectivity index (χ0) is 19.6. The topological polar surface area (TPSA) is 35.5 Å². The van der Waals surface area contributed by atoms with Crippen molar-refractivity contribution in [1.82, 2.24) is 0 Å². The van der Waals surface area contributed by atoms with Crippen molar-refractivity contribution in [3.8, 4) is 0 Å². The summed E-state index contributed by atoms with van der Waals surface area (Å²) in [5.74, 6) is -0.0869. The van der Waals surface area contributed by atoms with Crippen LogP contribution in [0.15, 0.2) is 35.2 Å². The van der Waals surface area contributed by atoms with Gasteiger partial charge in [0.2, 0.25) is 0 Å². The molecule has 1 saturated heterocycles. The maximum Gasteiger partial charge on any atom is 0.323 e. The van der Waals surface area contributed by atoms with Crippen LogP contribution < -0.4 is 0 Å². The summed E-state index contributed by atoms with van der Waals surface area (Å²) in [6.07, 6.45) is 2.39. The van der Waals surface area contributed by atoms with E-state index in [4.69, 9.17) is 9.16 Å². The second-order valence-electron chi connectivity index (χ2n) is 8.94. The summed E-state index contributed by atoms with van der Waals surface area (Å²) in [6.45, 7) is 15.5. The summed E-state index contributed by atoms with van der Waals surface area (Å²) in [4.78, 5) is 13.9.